The van der Waals surface area contributed by atoms with E-state index in [1.807, 2.05) is 19.0 Å². The van der Waals surface area contributed by atoms with Gasteiger partial charge in [-0.3, -0.25) is 14.8 Å². The minimum Gasteiger partial charge on any atom is -0.390 e. The molecule has 2 aromatic rings. The average Bonchev–Trinajstić information content (AvgIpc) is 2.86. The molecule has 0 aliphatic carbocycles. The molecule has 1 aromatic carbocycles. The lowest BCUT2D eigenvalue weighted by Crippen LogP contribution is -2.29. The van der Waals surface area contributed by atoms with E-state index >= 15 is 0 Å². The summed E-state index contributed by atoms with van der Waals surface area (Å²) < 4.78 is 14.7. The van der Waals surface area contributed by atoms with E-state index in [-0.39, 0.29) is 11.4 Å². The molecule has 0 unspecified atom stereocenters. The van der Waals surface area contributed by atoms with Crippen molar-refractivity contribution in [2.75, 3.05) is 26.0 Å². The summed E-state index contributed by atoms with van der Waals surface area (Å²) in [7, 11) is 3.71. The second kappa shape index (κ2) is 7.16. The Hall–Kier alpha value is -2.52. The molecule has 23 heavy (non-hydrogen) atoms. The maximum atomic E-state index is 13.1. The van der Waals surface area contributed by atoms with Crippen LogP contribution >= 0.6 is 0 Å². The van der Waals surface area contributed by atoms with Gasteiger partial charge in [-0.25, -0.2) is 4.39 Å². The van der Waals surface area contributed by atoms with Crippen molar-refractivity contribution in [3.05, 3.63) is 46.5 Å². The molecule has 0 saturated heterocycles. The normalized spacial score (nSPS) is 12.4. The van der Waals surface area contributed by atoms with Crippen LogP contribution in [0.3, 0.4) is 0 Å². The molecule has 0 fully saturated rings. The summed E-state index contributed by atoms with van der Waals surface area (Å²) in [6.45, 7) is 0.789. The largest absolute Gasteiger partial charge is 0.390 e. The van der Waals surface area contributed by atoms with Crippen molar-refractivity contribution in [3.63, 3.8) is 0 Å². The standard InChI is InChI=1S/C14H18FN5O3/c1-18(2)8-12(21)9-19-7-11(6-16-19)17-13-4-3-10(15)5-14(13)20(22)23/h3-7,12,17,21H,8-9H2,1-2H3/t12-/m0/s1. The highest BCUT2D eigenvalue weighted by atomic mass is 19.1. The number of anilines is 2. The molecule has 0 aliphatic heterocycles. The number of halogens is 1. The topological polar surface area (TPSA) is 96.5 Å². The van der Waals surface area contributed by atoms with Crippen LogP contribution in [0.4, 0.5) is 21.5 Å². The maximum absolute atomic E-state index is 13.1. The van der Waals surface area contributed by atoms with Crippen LogP contribution in [-0.4, -0.2) is 51.5 Å². The van der Waals surface area contributed by atoms with Gasteiger partial charge in [-0.2, -0.15) is 5.10 Å². The summed E-state index contributed by atoms with van der Waals surface area (Å²) in [4.78, 5) is 12.2. The Morgan fingerprint density at radius 1 is 1.52 bits per heavy atom. The van der Waals surface area contributed by atoms with Gasteiger partial charge in [0.25, 0.3) is 5.69 Å². The Morgan fingerprint density at radius 3 is 2.91 bits per heavy atom. The highest BCUT2D eigenvalue weighted by Crippen LogP contribution is 2.28. The van der Waals surface area contributed by atoms with E-state index < -0.39 is 16.8 Å². The molecule has 124 valence electrons. The first-order chi connectivity index (χ1) is 10.8. The van der Waals surface area contributed by atoms with Gasteiger partial charge in [-0.05, 0) is 26.2 Å². The SMILES string of the molecule is CN(C)C[C@H](O)Cn1cc(Nc2ccc(F)cc2[N+](=O)[O-])cn1. The van der Waals surface area contributed by atoms with Gasteiger partial charge in [0, 0.05) is 12.7 Å². The zero-order valence-electron chi connectivity index (χ0n) is 12.8. The molecular weight excluding hydrogens is 305 g/mol. The van der Waals surface area contributed by atoms with Crippen LogP contribution in [0, 0.1) is 15.9 Å². The zero-order chi connectivity index (χ0) is 17.0. The number of nitro groups is 1. The van der Waals surface area contributed by atoms with Gasteiger partial charge < -0.3 is 15.3 Å². The van der Waals surface area contributed by atoms with Crippen LogP contribution in [-0.2, 0) is 6.54 Å². The smallest absolute Gasteiger partial charge is 0.295 e. The number of nitro benzene ring substituents is 1. The van der Waals surface area contributed by atoms with Crippen LogP contribution in [0.5, 0.6) is 0 Å². The highest BCUT2D eigenvalue weighted by molar-refractivity contribution is 5.68. The van der Waals surface area contributed by atoms with E-state index in [1.54, 1.807) is 6.20 Å². The van der Waals surface area contributed by atoms with Crippen LogP contribution in [0.2, 0.25) is 0 Å². The second-order valence-corrected chi connectivity index (χ2v) is 5.41. The Morgan fingerprint density at radius 2 is 2.26 bits per heavy atom. The molecule has 0 bridgehead atoms. The molecule has 0 amide bonds. The number of likely N-dealkylation sites (N-methyl/N-ethyl adjacent to an activating group) is 1. The molecule has 8 nitrogen and oxygen atoms in total. The van der Waals surface area contributed by atoms with Crippen LogP contribution < -0.4 is 5.32 Å². The lowest BCUT2D eigenvalue weighted by atomic mass is 10.2. The quantitative estimate of drug-likeness (QED) is 0.593. The van der Waals surface area contributed by atoms with E-state index in [4.69, 9.17) is 0 Å². The number of aliphatic hydroxyl groups is 1. The summed E-state index contributed by atoms with van der Waals surface area (Å²) in [5, 5.41) is 27.7. The molecule has 1 atom stereocenters. The lowest BCUT2D eigenvalue weighted by Gasteiger charge is -2.15. The van der Waals surface area contributed by atoms with Crippen molar-refractivity contribution in [1.82, 2.24) is 14.7 Å². The van der Waals surface area contributed by atoms with Gasteiger partial charge in [-0.1, -0.05) is 0 Å². The third kappa shape index (κ3) is 4.73. The summed E-state index contributed by atoms with van der Waals surface area (Å²) in [6.07, 6.45) is 2.51. The van der Waals surface area contributed by atoms with Crippen LogP contribution in [0.15, 0.2) is 30.6 Å². The van der Waals surface area contributed by atoms with Crippen molar-refractivity contribution in [2.24, 2.45) is 0 Å². The molecule has 1 heterocycles. The van der Waals surface area contributed by atoms with E-state index in [2.05, 4.69) is 10.4 Å². The van der Waals surface area contributed by atoms with Gasteiger partial charge in [0.15, 0.2) is 0 Å². The summed E-state index contributed by atoms with van der Waals surface area (Å²) in [5.74, 6) is -0.676. The van der Waals surface area contributed by atoms with Crippen molar-refractivity contribution < 1.29 is 14.4 Å². The number of benzene rings is 1. The average molecular weight is 323 g/mol. The minimum absolute atomic E-state index is 0.171. The van der Waals surface area contributed by atoms with Gasteiger partial charge in [0.1, 0.15) is 11.5 Å². The van der Waals surface area contributed by atoms with E-state index in [9.17, 15) is 19.6 Å². The Bertz CT molecular complexity index is 689. The monoisotopic (exact) mass is 323 g/mol. The molecule has 2 rings (SSSR count). The summed E-state index contributed by atoms with van der Waals surface area (Å²) >= 11 is 0. The number of nitrogens with one attached hydrogen (secondary N) is 1. The first-order valence-electron chi connectivity index (χ1n) is 6.91. The number of nitrogens with zero attached hydrogens (tertiary/aromatic N) is 4. The van der Waals surface area contributed by atoms with Gasteiger partial charge >= 0.3 is 0 Å². The number of aliphatic hydroxyl groups excluding tert-OH is 1. The fourth-order valence-electron chi connectivity index (χ4n) is 2.14. The fourth-order valence-corrected chi connectivity index (χ4v) is 2.14. The zero-order valence-corrected chi connectivity index (χ0v) is 12.8. The van der Waals surface area contributed by atoms with Crippen molar-refractivity contribution in [1.29, 1.82) is 0 Å². The maximum Gasteiger partial charge on any atom is 0.295 e. The summed E-state index contributed by atoms with van der Waals surface area (Å²) in [6, 6.07) is 3.29. The third-order valence-electron chi connectivity index (χ3n) is 3.04. The summed E-state index contributed by atoms with van der Waals surface area (Å²) in [5.41, 5.74) is 0.326. The van der Waals surface area contributed by atoms with E-state index in [0.717, 1.165) is 12.1 Å². The number of aromatic nitrogens is 2. The predicted molar refractivity (Wildman–Crippen MR) is 83.1 cm³/mol. The van der Waals surface area contributed by atoms with E-state index in [0.29, 0.717) is 18.8 Å². The lowest BCUT2D eigenvalue weighted by molar-refractivity contribution is -0.384. The highest BCUT2D eigenvalue weighted by Gasteiger charge is 2.16. The minimum atomic E-state index is -0.676. The first-order valence-corrected chi connectivity index (χ1v) is 6.91. The molecule has 1 aromatic heterocycles. The number of hydrogen-bond donors (Lipinski definition) is 2. The molecule has 2 N–H and O–H groups in total. The molecule has 0 spiro atoms. The van der Waals surface area contributed by atoms with E-state index in [1.165, 1.54) is 16.9 Å². The molecule has 0 aliphatic rings. The van der Waals surface area contributed by atoms with Crippen LogP contribution in [0.25, 0.3) is 0 Å². The van der Waals surface area contributed by atoms with Crippen molar-refractivity contribution in [3.8, 4) is 0 Å². The molecule has 0 saturated carbocycles. The third-order valence-corrected chi connectivity index (χ3v) is 3.04. The molecular formula is C14H18FN5O3. The second-order valence-electron chi connectivity index (χ2n) is 5.41. The molecule has 0 radical (unpaired) electrons. The van der Waals surface area contributed by atoms with Gasteiger partial charge in [0.05, 0.1) is 35.5 Å². The molecule has 9 heteroatoms. The van der Waals surface area contributed by atoms with Crippen LogP contribution in [0.1, 0.15) is 0 Å². The Balaban J connectivity index is 2.09. The first kappa shape index (κ1) is 16.8. The van der Waals surface area contributed by atoms with Gasteiger partial charge in [0.2, 0.25) is 0 Å². The Kier molecular flexibility index (Phi) is 5.24. The van der Waals surface area contributed by atoms with Crippen molar-refractivity contribution in [2.45, 2.75) is 12.6 Å². The number of hydrogen-bond acceptors (Lipinski definition) is 6. The van der Waals surface area contributed by atoms with Gasteiger partial charge in [-0.15, -0.1) is 0 Å². The Labute approximate surface area is 132 Å². The van der Waals surface area contributed by atoms with Crippen molar-refractivity contribution >= 4 is 17.1 Å². The fraction of sp³-hybridized carbons (Fsp3) is 0.357. The predicted octanol–water partition coefficient (Wildman–Crippen LogP) is 1.60. The number of rotatable bonds is 7.